The zero-order valence-electron chi connectivity index (χ0n) is 10.6. The molecule has 3 rings (SSSR count). The average molecular weight is 242 g/mol. The molecule has 1 aromatic heterocycles. The summed E-state index contributed by atoms with van der Waals surface area (Å²) in [4.78, 5) is 4.58. The summed E-state index contributed by atoms with van der Waals surface area (Å²) in [5.74, 6) is 1.86. The van der Waals surface area contributed by atoms with Crippen molar-refractivity contribution >= 4 is 0 Å². The van der Waals surface area contributed by atoms with Gasteiger partial charge in [-0.15, -0.1) is 0 Å². The Kier molecular flexibility index (Phi) is 2.92. The van der Waals surface area contributed by atoms with E-state index in [-0.39, 0.29) is 6.04 Å². The first-order chi connectivity index (χ1) is 8.70. The summed E-state index contributed by atoms with van der Waals surface area (Å²) < 4.78 is 5.83. The van der Waals surface area contributed by atoms with Gasteiger partial charge in [-0.05, 0) is 18.9 Å². The molecular formula is C15H18N2O. The molecule has 2 aromatic rings. The van der Waals surface area contributed by atoms with E-state index in [2.05, 4.69) is 36.2 Å². The van der Waals surface area contributed by atoms with Crippen molar-refractivity contribution in [3.63, 3.8) is 0 Å². The minimum Gasteiger partial charge on any atom is -0.445 e. The Hall–Kier alpha value is -1.61. The maximum absolute atomic E-state index is 5.95. The van der Waals surface area contributed by atoms with Gasteiger partial charge in [0.25, 0.3) is 0 Å². The van der Waals surface area contributed by atoms with Gasteiger partial charge in [0.05, 0.1) is 5.69 Å². The SMILES string of the molecule is Cc1cccc(Cc2nc3c(o2)CCC(N)C3)c1. The lowest BCUT2D eigenvalue weighted by Crippen LogP contribution is -2.27. The first kappa shape index (κ1) is 11.5. The highest BCUT2D eigenvalue weighted by Gasteiger charge is 2.21. The summed E-state index contributed by atoms with van der Waals surface area (Å²) >= 11 is 0. The largest absolute Gasteiger partial charge is 0.445 e. The van der Waals surface area contributed by atoms with Crippen LogP contribution in [0.3, 0.4) is 0 Å². The van der Waals surface area contributed by atoms with Crippen LogP contribution in [0.4, 0.5) is 0 Å². The van der Waals surface area contributed by atoms with Crippen LogP contribution in [0.2, 0.25) is 0 Å². The van der Waals surface area contributed by atoms with Crippen LogP contribution in [-0.4, -0.2) is 11.0 Å². The normalized spacial score (nSPS) is 18.7. The van der Waals surface area contributed by atoms with E-state index in [1.807, 2.05) is 0 Å². The highest BCUT2D eigenvalue weighted by molar-refractivity contribution is 5.25. The fourth-order valence-electron chi connectivity index (χ4n) is 2.53. The number of nitrogens with zero attached hydrogens (tertiary/aromatic N) is 1. The molecule has 0 bridgehead atoms. The fraction of sp³-hybridized carbons (Fsp3) is 0.400. The Morgan fingerprint density at radius 1 is 1.44 bits per heavy atom. The van der Waals surface area contributed by atoms with E-state index in [0.717, 1.165) is 43.0 Å². The number of hydrogen-bond donors (Lipinski definition) is 1. The molecule has 0 amide bonds. The van der Waals surface area contributed by atoms with Crippen LogP contribution >= 0.6 is 0 Å². The van der Waals surface area contributed by atoms with Gasteiger partial charge < -0.3 is 10.2 Å². The summed E-state index contributed by atoms with van der Waals surface area (Å²) in [6.07, 6.45) is 3.56. The van der Waals surface area contributed by atoms with Crippen molar-refractivity contribution in [1.82, 2.24) is 4.98 Å². The van der Waals surface area contributed by atoms with Crippen molar-refractivity contribution in [3.8, 4) is 0 Å². The average Bonchev–Trinajstić information content (AvgIpc) is 2.70. The number of aryl methyl sites for hydroxylation is 2. The van der Waals surface area contributed by atoms with Gasteiger partial charge in [-0.3, -0.25) is 0 Å². The van der Waals surface area contributed by atoms with Gasteiger partial charge in [0.15, 0.2) is 5.89 Å². The summed E-state index contributed by atoms with van der Waals surface area (Å²) in [7, 11) is 0. The molecule has 18 heavy (non-hydrogen) atoms. The van der Waals surface area contributed by atoms with E-state index in [1.54, 1.807) is 0 Å². The lowest BCUT2D eigenvalue weighted by molar-refractivity contribution is 0.433. The van der Waals surface area contributed by atoms with Crippen LogP contribution in [0.5, 0.6) is 0 Å². The van der Waals surface area contributed by atoms with Crippen LogP contribution < -0.4 is 5.73 Å². The van der Waals surface area contributed by atoms with Gasteiger partial charge in [-0.1, -0.05) is 29.8 Å². The first-order valence-corrected chi connectivity index (χ1v) is 6.49. The van der Waals surface area contributed by atoms with Crippen LogP contribution in [0.25, 0.3) is 0 Å². The van der Waals surface area contributed by atoms with Crippen molar-refractivity contribution in [2.75, 3.05) is 0 Å². The molecule has 0 fully saturated rings. The third kappa shape index (κ3) is 2.31. The number of benzene rings is 1. The molecule has 3 heteroatoms. The van der Waals surface area contributed by atoms with Gasteiger partial charge in [-0.2, -0.15) is 0 Å². The number of fused-ring (bicyclic) bond motifs is 1. The van der Waals surface area contributed by atoms with Crippen LogP contribution in [0.1, 0.15) is 34.9 Å². The second kappa shape index (κ2) is 4.58. The van der Waals surface area contributed by atoms with E-state index in [1.165, 1.54) is 11.1 Å². The quantitative estimate of drug-likeness (QED) is 0.879. The van der Waals surface area contributed by atoms with Gasteiger partial charge >= 0.3 is 0 Å². The molecule has 1 aromatic carbocycles. The van der Waals surface area contributed by atoms with Crippen molar-refractivity contribution in [2.24, 2.45) is 5.73 Å². The molecule has 1 aliphatic carbocycles. The zero-order chi connectivity index (χ0) is 12.5. The minimum absolute atomic E-state index is 0.245. The van der Waals surface area contributed by atoms with Gasteiger partial charge in [0.1, 0.15) is 5.76 Å². The summed E-state index contributed by atoms with van der Waals surface area (Å²) in [6, 6.07) is 8.71. The van der Waals surface area contributed by atoms with Crippen LogP contribution in [0, 0.1) is 6.92 Å². The highest BCUT2D eigenvalue weighted by atomic mass is 16.4. The van der Waals surface area contributed by atoms with Crippen molar-refractivity contribution < 1.29 is 4.42 Å². The molecule has 3 nitrogen and oxygen atoms in total. The Morgan fingerprint density at radius 3 is 3.17 bits per heavy atom. The molecule has 94 valence electrons. The molecule has 2 N–H and O–H groups in total. The van der Waals surface area contributed by atoms with Gasteiger partial charge in [0, 0.05) is 25.3 Å². The summed E-state index contributed by atoms with van der Waals surface area (Å²) in [5.41, 5.74) is 9.53. The molecule has 0 saturated heterocycles. The van der Waals surface area contributed by atoms with Crippen molar-refractivity contribution in [3.05, 3.63) is 52.7 Å². The fourth-order valence-corrected chi connectivity index (χ4v) is 2.53. The van der Waals surface area contributed by atoms with Crippen LogP contribution in [0.15, 0.2) is 28.7 Å². The Balaban J connectivity index is 1.82. The highest BCUT2D eigenvalue weighted by Crippen LogP contribution is 2.22. The molecule has 0 saturated carbocycles. The number of hydrogen-bond acceptors (Lipinski definition) is 3. The molecular weight excluding hydrogens is 224 g/mol. The number of aromatic nitrogens is 1. The summed E-state index contributed by atoms with van der Waals surface area (Å²) in [5, 5.41) is 0. The maximum atomic E-state index is 5.95. The van der Waals surface area contributed by atoms with E-state index in [9.17, 15) is 0 Å². The smallest absolute Gasteiger partial charge is 0.199 e. The Morgan fingerprint density at radius 2 is 2.33 bits per heavy atom. The van der Waals surface area contributed by atoms with Gasteiger partial charge in [0.2, 0.25) is 0 Å². The van der Waals surface area contributed by atoms with E-state index < -0.39 is 0 Å². The van der Waals surface area contributed by atoms with Gasteiger partial charge in [-0.25, -0.2) is 4.98 Å². The predicted octanol–water partition coefficient (Wildman–Crippen LogP) is 2.39. The van der Waals surface area contributed by atoms with E-state index in [4.69, 9.17) is 10.2 Å². The van der Waals surface area contributed by atoms with Crippen molar-refractivity contribution in [1.29, 1.82) is 0 Å². The first-order valence-electron chi connectivity index (χ1n) is 6.49. The Labute approximate surface area is 107 Å². The third-order valence-corrected chi connectivity index (χ3v) is 3.46. The number of nitrogens with two attached hydrogens (primary N) is 1. The zero-order valence-corrected chi connectivity index (χ0v) is 10.6. The second-order valence-corrected chi connectivity index (χ2v) is 5.15. The lowest BCUT2D eigenvalue weighted by Gasteiger charge is -2.14. The van der Waals surface area contributed by atoms with Crippen LogP contribution in [-0.2, 0) is 19.3 Å². The van der Waals surface area contributed by atoms with Crippen molar-refractivity contribution in [2.45, 2.75) is 38.6 Å². The topological polar surface area (TPSA) is 52.0 Å². The molecule has 0 aliphatic heterocycles. The van der Waals surface area contributed by atoms with E-state index in [0.29, 0.717) is 0 Å². The summed E-state index contributed by atoms with van der Waals surface area (Å²) in [6.45, 7) is 2.10. The molecule has 1 aliphatic rings. The molecule has 1 heterocycles. The molecule has 1 unspecified atom stereocenters. The maximum Gasteiger partial charge on any atom is 0.199 e. The second-order valence-electron chi connectivity index (χ2n) is 5.15. The Bertz CT molecular complexity index is 559. The molecule has 1 atom stereocenters. The molecule has 0 spiro atoms. The minimum atomic E-state index is 0.245. The monoisotopic (exact) mass is 242 g/mol. The lowest BCUT2D eigenvalue weighted by atomic mass is 9.98. The van der Waals surface area contributed by atoms with E-state index >= 15 is 0 Å². The molecule has 0 radical (unpaired) electrons. The predicted molar refractivity (Wildman–Crippen MR) is 70.5 cm³/mol. The number of oxazole rings is 1. The standard InChI is InChI=1S/C15H18N2O/c1-10-3-2-4-11(7-10)8-15-17-13-9-12(16)5-6-14(13)18-15/h2-4,7,12H,5-6,8-9,16H2,1H3. The third-order valence-electron chi connectivity index (χ3n) is 3.46. The number of rotatable bonds is 2.